The lowest BCUT2D eigenvalue weighted by Crippen LogP contribution is -2.07. The number of fused-ring (bicyclic) bond motifs is 1. The highest BCUT2D eigenvalue weighted by atomic mass is 16.5. The zero-order valence-corrected chi connectivity index (χ0v) is 18.9. The number of benzene rings is 2. The van der Waals surface area contributed by atoms with Gasteiger partial charge in [0.1, 0.15) is 11.5 Å². The number of allylic oxidation sites excluding steroid dienone is 2. The monoisotopic (exact) mass is 433 g/mol. The lowest BCUT2D eigenvalue weighted by molar-refractivity contribution is -0.111. The molecule has 2 aromatic carbocycles. The van der Waals surface area contributed by atoms with Crippen molar-refractivity contribution in [3.63, 3.8) is 0 Å². The van der Waals surface area contributed by atoms with Crippen molar-refractivity contribution in [2.75, 3.05) is 14.2 Å². The van der Waals surface area contributed by atoms with Gasteiger partial charge in [-0.2, -0.15) is 5.10 Å². The van der Waals surface area contributed by atoms with Crippen LogP contribution in [-0.4, -0.2) is 40.2 Å². The molecule has 3 aromatic rings. The number of hydrogen-bond acceptors (Lipinski definition) is 7. The van der Waals surface area contributed by atoms with E-state index in [9.17, 15) is 4.79 Å². The van der Waals surface area contributed by atoms with E-state index in [-0.39, 0.29) is 5.78 Å². The van der Waals surface area contributed by atoms with Crippen LogP contribution in [0.4, 0.5) is 0 Å². The quantitative estimate of drug-likeness (QED) is 0.570. The first-order valence-electron chi connectivity index (χ1n) is 10.1. The molecule has 0 amide bonds. The summed E-state index contributed by atoms with van der Waals surface area (Å²) in [5.41, 5.74) is 10.3. The van der Waals surface area contributed by atoms with Crippen molar-refractivity contribution < 1.29 is 14.3 Å². The molecule has 1 heterocycles. The Bertz CT molecular complexity index is 1240. The van der Waals surface area contributed by atoms with Gasteiger partial charge in [0.05, 0.1) is 25.3 Å². The number of ketones is 1. The van der Waals surface area contributed by atoms with Crippen molar-refractivity contribution in [1.82, 2.24) is 20.2 Å². The fraction of sp³-hybridized carbons (Fsp3) is 0.250. The summed E-state index contributed by atoms with van der Waals surface area (Å²) < 4.78 is 10.9. The predicted molar refractivity (Wildman–Crippen MR) is 124 cm³/mol. The van der Waals surface area contributed by atoms with Gasteiger partial charge in [0, 0.05) is 41.2 Å². The Labute approximate surface area is 186 Å². The van der Waals surface area contributed by atoms with E-state index >= 15 is 0 Å². The highest BCUT2D eigenvalue weighted by Gasteiger charge is 2.17. The minimum atomic E-state index is -0.156. The van der Waals surface area contributed by atoms with Gasteiger partial charge in [-0.3, -0.25) is 14.9 Å². The van der Waals surface area contributed by atoms with Gasteiger partial charge in [-0.05, 0) is 44.5 Å². The Morgan fingerprint density at radius 3 is 2.53 bits per heavy atom. The number of H-pyrrole nitrogens is 1. The predicted octanol–water partition coefficient (Wildman–Crippen LogP) is 3.67. The highest BCUT2D eigenvalue weighted by molar-refractivity contribution is 6.21. The highest BCUT2D eigenvalue weighted by Crippen LogP contribution is 2.31. The number of Topliss-reactive ketones (excluding diaryl/α,β-unsaturated/α-hetero) is 1. The normalized spacial score (nSPS) is 11.5. The maximum Gasteiger partial charge on any atom is 0.162 e. The molecule has 0 unspecified atom stereocenters. The summed E-state index contributed by atoms with van der Waals surface area (Å²) in [6, 6.07) is 11.2. The molecule has 0 radical (unpaired) electrons. The standard InChI is InChI=1S/C24H27N5O3/c1-14-13-26-20-11-19(24(15(2)25)16(3)30)22(32-5)12-21(20)27-23(29-28-14)10-17-7-6-8-18(9-17)31-4/h6-9,11-13,28H,10,25H2,1-5H3. The van der Waals surface area contributed by atoms with Crippen molar-refractivity contribution in [1.29, 1.82) is 0 Å². The number of nitrogens with two attached hydrogens (primary N) is 1. The molecule has 8 nitrogen and oxygen atoms in total. The molecular weight excluding hydrogens is 406 g/mol. The Hall–Kier alpha value is -3.94. The Kier molecular flexibility index (Phi) is 7.04. The van der Waals surface area contributed by atoms with E-state index < -0.39 is 0 Å². The lowest BCUT2D eigenvalue weighted by atomic mass is 9.99. The minimum absolute atomic E-state index is 0.156. The largest absolute Gasteiger partial charge is 0.497 e. The summed E-state index contributed by atoms with van der Waals surface area (Å²) in [5, 5.41) is 7.43. The number of carbonyl (C=O) groups is 1. The van der Waals surface area contributed by atoms with Gasteiger partial charge in [0.2, 0.25) is 0 Å². The average Bonchev–Trinajstić information content (AvgIpc) is 2.83. The lowest BCUT2D eigenvalue weighted by Gasteiger charge is -2.12. The van der Waals surface area contributed by atoms with Gasteiger partial charge in [-0.25, -0.2) is 4.98 Å². The first kappa shape index (κ1) is 22.7. The maximum atomic E-state index is 12.3. The molecule has 166 valence electrons. The Balaban J connectivity index is 2.26. The van der Waals surface area contributed by atoms with Gasteiger partial charge < -0.3 is 15.2 Å². The molecule has 8 heteroatoms. The van der Waals surface area contributed by atoms with Crippen LogP contribution >= 0.6 is 0 Å². The minimum Gasteiger partial charge on any atom is -0.497 e. The van der Waals surface area contributed by atoms with Crippen LogP contribution in [0, 0.1) is 6.92 Å². The summed E-state index contributed by atoms with van der Waals surface area (Å²) in [4.78, 5) is 21.6. The summed E-state index contributed by atoms with van der Waals surface area (Å²) in [5.74, 6) is 1.64. The van der Waals surface area contributed by atoms with Gasteiger partial charge in [0.25, 0.3) is 0 Å². The van der Waals surface area contributed by atoms with E-state index in [4.69, 9.17) is 20.2 Å². The van der Waals surface area contributed by atoms with Gasteiger partial charge >= 0.3 is 0 Å². The number of ether oxygens (including phenoxy) is 2. The van der Waals surface area contributed by atoms with Crippen molar-refractivity contribution in [3.8, 4) is 11.5 Å². The summed E-state index contributed by atoms with van der Waals surface area (Å²) in [6.07, 6.45) is 2.14. The third-order valence-corrected chi connectivity index (χ3v) is 4.82. The Morgan fingerprint density at radius 1 is 1.09 bits per heavy atom. The first-order valence-corrected chi connectivity index (χ1v) is 10.1. The van der Waals surface area contributed by atoms with Crippen LogP contribution < -0.4 is 15.2 Å². The fourth-order valence-electron chi connectivity index (χ4n) is 3.35. The molecule has 0 aliphatic heterocycles. The topological polar surface area (TPSA) is 116 Å². The second kappa shape index (κ2) is 9.91. The number of aryl methyl sites for hydroxylation is 1. The van der Waals surface area contributed by atoms with Crippen LogP contribution in [0.3, 0.4) is 0 Å². The van der Waals surface area contributed by atoms with Crippen LogP contribution in [0.15, 0.2) is 48.3 Å². The first-order chi connectivity index (χ1) is 15.3. The van der Waals surface area contributed by atoms with Crippen molar-refractivity contribution in [2.45, 2.75) is 27.2 Å². The number of aromatic nitrogens is 4. The van der Waals surface area contributed by atoms with Crippen LogP contribution in [0.2, 0.25) is 0 Å². The van der Waals surface area contributed by atoms with Crippen molar-refractivity contribution in [2.24, 2.45) is 5.73 Å². The van der Waals surface area contributed by atoms with Crippen LogP contribution in [-0.2, 0) is 11.2 Å². The number of aromatic amines is 1. The van der Waals surface area contributed by atoms with E-state index in [1.165, 1.54) is 14.0 Å². The molecule has 3 N–H and O–H groups in total. The average molecular weight is 434 g/mol. The van der Waals surface area contributed by atoms with E-state index in [0.29, 0.717) is 45.9 Å². The molecule has 3 rings (SSSR count). The Morgan fingerprint density at radius 2 is 1.88 bits per heavy atom. The smallest absolute Gasteiger partial charge is 0.162 e. The molecule has 0 fully saturated rings. The summed E-state index contributed by atoms with van der Waals surface area (Å²) >= 11 is 0. The molecule has 0 bridgehead atoms. The second-order valence-corrected chi connectivity index (χ2v) is 7.38. The molecule has 0 aliphatic carbocycles. The van der Waals surface area contributed by atoms with E-state index in [1.807, 2.05) is 31.2 Å². The van der Waals surface area contributed by atoms with E-state index in [2.05, 4.69) is 15.2 Å². The van der Waals surface area contributed by atoms with Crippen LogP contribution in [0.5, 0.6) is 11.5 Å². The number of nitrogens with zero attached hydrogens (tertiary/aromatic N) is 3. The zero-order valence-electron chi connectivity index (χ0n) is 18.9. The van der Waals surface area contributed by atoms with Crippen molar-refractivity contribution >= 4 is 22.4 Å². The van der Waals surface area contributed by atoms with Gasteiger partial charge in [-0.15, -0.1) is 0 Å². The SMILES string of the molecule is COc1cccc(Cc2n[nH]c(C)cnc3cc(C(C(C)=O)=C(C)N)c(OC)cc3n2)c1. The molecule has 0 saturated heterocycles. The van der Waals surface area contributed by atoms with Gasteiger partial charge in [0.15, 0.2) is 11.6 Å². The van der Waals surface area contributed by atoms with E-state index in [0.717, 1.165) is 17.0 Å². The molecule has 0 saturated carbocycles. The van der Waals surface area contributed by atoms with Crippen LogP contribution in [0.25, 0.3) is 16.6 Å². The maximum absolute atomic E-state index is 12.3. The third-order valence-electron chi connectivity index (χ3n) is 4.82. The third kappa shape index (κ3) is 5.21. The van der Waals surface area contributed by atoms with Crippen LogP contribution in [0.1, 0.15) is 36.5 Å². The molecule has 0 spiro atoms. The van der Waals surface area contributed by atoms with Gasteiger partial charge in [-0.1, -0.05) is 12.1 Å². The zero-order chi connectivity index (χ0) is 23.3. The number of methoxy groups -OCH3 is 2. The number of carbonyl (C=O) groups excluding carboxylic acids is 1. The fourth-order valence-corrected chi connectivity index (χ4v) is 3.35. The summed E-state index contributed by atoms with van der Waals surface area (Å²) in [6.45, 7) is 5.02. The van der Waals surface area contributed by atoms with E-state index in [1.54, 1.807) is 32.4 Å². The molecule has 1 aromatic heterocycles. The molecule has 32 heavy (non-hydrogen) atoms. The number of hydrogen-bond donors (Lipinski definition) is 2. The number of rotatable bonds is 6. The second-order valence-electron chi connectivity index (χ2n) is 7.38. The molecular formula is C24H27N5O3. The molecule has 0 atom stereocenters. The number of nitrogens with one attached hydrogen (secondary N) is 1. The summed E-state index contributed by atoms with van der Waals surface area (Å²) in [7, 11) is 3.17. The van der Waals surface area contributed by atoms with Crippen molar-refractivity contribution in [3.05, 3.63) is 70.9 Å². The molecule has 0 aliphatic rings.